The van der Waals surface area contributed by atoms with Gasteiger partial charge in [0, 0.05) is 11.1 Å². The summed E-state index contributed by atoms with van der Waals surface area (Å²) < 4.78 is 9.85. The standard InChI is InChI=1S/C26H26ClN3O3S2.ClH/c1-17(31)22(30-14-21(26(28)32)29-16-30)11-8-19-4-2-3-5-23(19)33-15-18-6-9-20(10-7-18)34-25-13-12-24(27)35-25;/h2-7,9-10,12-14,16-17,22,31H,8,11,15H2,1H3,(H2,28,32);1H/t17-,22+;/m0./s1. The van der Waals surface area contributed by atoms with Gasteiger partial charge in [-0.05, 0) is 61.2 Å². The highest BCUT2D eigenvalue weighted by molar-refractivity contribution is 8.01. The minimum Gasteiger partial charge on any atom is -0.489 e. The monoisotopic (exact) mass is 563 g/mol. The summed E-state index contributed by atoms with van der Waals surface area (Å²) in [7, 11) is 0. The molecule has 3 N–H and O–H groups in total. The summed E-state index contributed by atoms with van der Waals surface area (Å²) in [5.74, 6) is 0.223. The largest absolute Gasteiger partial charge is 0.489 e. The van der Waals surface area contributed by atoms with Gasteiger partial charge in [0.15, 0.2) is 0 Å². The van der Waals surface area contributed by atoms with Crippen molar-refractivity contribution in [1.82, 2.24) is 9.55 Å². The van der Waals surface area contributed by atoms with E-state index in [1.54, 1.807) is 40.8 Å². The number of nitrogens with two attached hydrogens (primary N) is 1. The van der Waals surface area contributed by atoms with Crippen LogP contribution in [0.3, 0.4) is 0 Å². The number of nitrogens with zero attached hydrogens (tertiary/aromatic N) is 2. The SMILES string of the molecule is C[C@H](O)[C@@H](CCc1ccccc1OCc1ccc(Sc2ccc(Cl)s2)cc1)n1cnc(C(N)=O)c1.Cl. The third-order valence-electron chi connectivity index (χ3n) is 5.56. The van der Waals surface area contributed by atoms with Crippen molar-refractivity contribution < 1.29 is 14.6 Å². The second-order valence-electron chi connectivity index (χ2n) is 8.12. The average molecular weight is 565 g/mol. The average Bonchev–Trinajstić information content (AvgIpc) is 3.49. The molecule has 2 atom stereocenters. The molecule has 0 bridgehead atoms. The number of ether oxygens (including phenoxy) is 1. The summed E-state index contributed by atoms with van der Waals surface area (Å²) in [6.07, 6.45) is 3.83. The lowest BCUT2D eigenvalue weighted by molar-refractivity contribution is 0.0994. The number of aromatic nitrogens is 2. The van der Waals surface area contributed by atoms with E-state index in [1.807, 2.05) is 36.4 Å². The van der Waals surface area contributed by atoms with Crippen molar-refractivity contribution >= 4 is 53.0 Å². The molecule has 2 aromatic carbocycles. The van der Waals surface area contributed by atoms with Gasteiger partial charge in [-0.25, -0.2) is 4.98 Å². The second kappa shape index (κ2) is 13.2. The Morgan fingerprint density at radius 3 is 2.58 bits per heavy atom. The van der Waals surface area contributed by atoms with Gasteiger partial charge in [0.1, 0.15) is 18.1 Å². The van der Waals surface area contributed by atoms with Crippen molar-refractivity contribution in [3.8, 4) is 5.75 Å². The molecule has 36 heavy (non-hydrogen) atoms. The number of imidazole rings is 1. The van der Waals surface area contributed by atoms with Crippen LogP contribution in [-0.4, -0.2) is 26.7 Å². The van der Waals surface area contributed by atoms with Crippen LogP contribution in [0.1, 0.15) is 41.0 Å². The van der Waals surface area contributed by atoms with Crippen molar-refractivity contribution in [3.05, 3.63) is 94.3 Å². The molecule has 0 aliphatic heterocycles. The number of hydrogen-bond acceptors (Lipinski definition) is 6. The summed E-state index contributed by atoms with van der Waals surface area (Å²) in [5, 5.41) is 10.3. The van der Waals surface area contributed by atoms with Crippen molar-refractivity contribution in [2.24, 2.45) is 5.73 Å². The first-order chi connectivity index (χ1) is 16.9. The predicted molar refractivity (Wildman–Crippen MR) is 148 cm³/mol. The van der Waals surface area contributed by atoms with E-state index in [1.165, 1.54) is 6.33 Å². The number of carbonyl (C=O) groups excluding carboxylic acids is 1. The molecule has 190 valence electrons. The van der Waals surface area contributed by atoms with Crippen molar-refractivity contribution in [2.45, 2.75) is 47.6 Å². The quantitative estimate of drug-likeness (QED) is 0.220. The number of benzene rings is 2. The molecule has 0 aliphatic rings. The van der Waals surface area contributed by atoms with Crippen LogP contribution in [0.25, 0.3) is 0 Å². The Bertz CT molecular complexity index is 1280. The molecule has 0 unspecified atom stereocenters. The van der Waals surface area contributed by atoms with Crippen LogP contribution >= 0.6 is 47.1 Å². The summed E-state index contributed by atoms with van der Waals surface area (Å²) in [4.78, 5) is 16.6. The van der Waals surface area contributed by atoms with Crippen molar-refractivity contribution in [1.29, 1.82) is 0 Å². The fourth-order valence-corrected chi connectivity index (χ4v) is 6.00. The third kappa shape index (κ3) is 7.51. The maximum Gasteiger partial charge on any atom is 0.268 e. The molecule has 6 nitrogen and oxygen atoms in total. The number of aliphatic hydroxyl groups is 1. The van der Waals surface area contributed by atoms with E-state index >= 15 is 0 Å². The minimum atomic E-state index is -0.625. The van der Waals surface area contributed by atoms with E-state index in [2.05, 4.69) is 29.2 Å². The van der Waals surface area contributed by atoms with Gasteiger partial charge in [0.25, 0.3) is 5.91 Å². The molecule has 2 heterocycles. The highest BCUT2D eigenvalue weighted by Crippen LogP contribution is 2.35. The van der Waals surface area contributed by atoms with Gasteiger partial charge in [0.05, 0.1) is 27.0 Å². The van der Waals surface area contributed by atoms with Gasteiger partial charge in [-0.2, -0.15) is 0 Å². The second-order valence-corrected chi connectivity index (χ2v) is 11.2. The first kappa shape index (κ1) is 28.1. The van der Waals surface area contributed by atoms with Crippen LogP contribution in [0.4, 0.5) is 0 Å². The van der Waals surface area contributed by atoms with Gasteiger partial charge < -0.3 is 20.1 Å². The lowest BCUT2D eigenvalue weighted by Gasteiger charge is -2.22. The van der Waals surface area contributed by atoms with Gasteiger partial charge >= 0.3 is 0 Å². The number of aliphatic hydroxyl groups excluding tert-OH is 1. The molecule has 0 spiro atoms. The van der Waals surface area contributed by atoms with E-state index in [-0.39, 0.29) is 24.1 Å². The molecule has 0 saturated carbocycles. The van der Waals surface area contributed by atoms with E-state index in [4.69, 9.17) is 22.1 Å². The van der Waals surface area contributed by atoms with Gasteiger partial charge in [0.2, 0.25) is 0 Å². The molecule has 4 aromatic rings. The maximum atomic E-state index is 11.4. The van der Waals surface area contributed by atoms with Gasteiger partial charge in [-0.3, -0.25) is 4.79 Å². The van der Waals surface area contributed by atoms with Crippen molar-refractivity contribution in [2.75, 3.05) is 0 Å². The molecule has 0 fully saturated rings. The molecule has 0 saturated heterocycles. The fourth-order valence-electron chi connectivity index (χ4n) is 3.72. The van der Waals surface area contributed by atoms with Crippen LogP contribution in [0.5, 0.6) is 5.75 Å². The number of amides is 1. The summed E-state index contributed by atoms with van der Waals surface area (Å²) in [5.41, 5.74) is 7.62. The maximum absolute atomic E-state index is 11.4. The molecular weight excluding hydrogens is 537 g/mol. The smallest absolute Gasteiger partial charge is 0.268 e. The highest BCUT2D eigenvalue weighted by atomic mass is 35.5. The normalized spacial score (nSPS) is 12.5. The molecule has 0 aliphatic carbocycles. The lowest BCUT2D eigenvalue weighted by atomic mass is 10.0. The number of rotatable bonds is 11. The summed E-state index contributed by atoms with van der Waals surface area (Å²) in [6, 6.07) is 19.9. The molecule has 0 radical (unpaired) electrons. The molecular formula is C26H27Cl2N3O3S2. The van der Waals surface area contributed by atoms with Crippen molar-refractivity contribution in [3.63, 3.8) is 0 Å². The lowest BCUT2D eigenvalue weighted by Crippen LogP contribution is -2.21. The first-order valence-electron chi connectivity index (χ1n) is 11.1. The number of para-hydroxylation sites is 1. The van der Waals surface area contributed by atoms with Gasteiger partial charge in [-0.15, -0.1) is 23.7 Å². The van der Waals surface area contributed by atoms with Crippen LogP contribution in [0, 0.1) is 0 Å². The van der Waals surface area contributed by atoms with Crippen LogP contribution in [0.15, 0.2) is 82.3 Å². The Balaban J connectivity index is 0.00000361. The van der Waals surface area contributed by atoms with Crippen LogP contribution in [0.2, 0.25) is 4.34 Å². The Kier molecular flexibility index (Phi) is 10.3. The summed E-state index contributed by atoms with van der Waals surface area (Å²) >= 11 is 9.27. The zero-order valence-electron chi connectivity index (χ0n) is 19.5. The van der Waals surface area contributed by atoms with E-state index in [0.717, 1.165) is 30.3 Å². The molecule has 4 rings (SSSR count). The molecule has 2 aromatic heterocycles. The number of thiophene rings is 1. The summed E-state index contributed by atoms with van der Waals surface area (Å²) in [6.45, 7) is 2.18. The Labute approximate surface area is 229 Å². The number of primary amides is 1. The van der Waals surface area contributed by atoms with Crippen LogP contribution < -0.4 is 10.5 Å². The fraction of sp³-hybridized carbons (Fsp3) is 0.231. The first-order valence-corrected chi connectivity index (χ1v) is 13.1. The minimum absolute atomic E-state index is 0. The molecule has 10 heteroatoms. The zero-order valence-corrected chi connectivity index (χ0v) is 22.7. The predicted octanol–water partition coefficient (Wildman–Crippen LogP) is 6.40. The molecule has 1 amide bonds. The number of halogens is 2. The number of carbonyl (C=O) groups is 1. The number of aryl methyl sites for hydroxylation is 1. The third-order valence-corrected chi connectivity index (χ3v) is 7.93. The Hall–Kier alpha value is -2.49. The Morgan fingerprint density at radius 1 is 1.19 bits per heavy atom. The topological polar surface area (TPSA) is 90.4 Å². The highest BCUT2D eigenvalue weighted by Gasteiger charge is 2.19. The van der Waals surface area contributed by atoms with E-state index < -0.39 is 12.0 Å². The number of hydrogen-bond donors (Lipinski definition) is 2. The van der Waals surface area contributed by atoms with E-state index in [9.17, 15) is 9.90 Å². The zero-order chi connectivity index (χ0) is 24.8. The Morgan fingerprint density at radius 2 is 1.94 bits per heavy atom. The van der Waals surface area contributed by atoms with Crippen LogP contribution in [-0.2, 0) is 13.0 Å². The van der Waals surface area contributed by atoms with E-state index in [0.29, 0.717) is 19.4 Å². The van der Waals surface area contributed by atoms with Gasteiger partial charge in [-0.1, -0.05) is 53.7 Å².